The van der Waals surface area contributed by atoms with E-state index >= 15 is 0 Å². The summed E-state index contributed by atoms with van der Waals surface area (Å²) in [7, 11) is 0. The third-order valence-corrected chi connectivity index (χ3v) is 3.61. The van der Waals surface area contributed by atoms with Crippen LogP contribution in [-0.4, -0.2) is 36.0 Å². The second kappa shape index (κ2) is 8.82. The van der Waals surface area contributed by atoms with Crippen molar-refractivity contribution in [2.24, 2.45) is 0 Å². The maximum atomic E-state index is 9.91. The van der Waals surface area contributed by atoms with Crippen molar-refractivity contribution in [3.8, 4) is 0 Å². The lowest BCUT2D eigenvalue weighted by Gasteiger charge is -2.27. The van der Waals surface area contributed by atoms with Gasteiger partial charge >= 0.3 is 0 Å². The van der Waals surface area contributed by atoms with Gasteiger partial charge in [0.2, 0.25) is 0 Å². The number of benzene rings is 1. The van der Waals surface area contributed by atoms with Gasteiger partial charge in [-0.05, 0) is 49.4 Å². The number of hydrogen-bond donors (Lipinski definition) is 3. The van der Waals surface area contributed by atoms with Crippen molar-refractivity contribution in [3.63, 3.8) is 0 Å². The van der Waals surface area contributed by atoms with Crippen LogP contribution in [0.2, 0.25) is 0 Å². The minimum absolute atomic E-state index is 0.214. The van der Waals surface area contributed by atoms with Crippen LogP contribution in [0.5, 0.6) is 0 Å². The standard InChI is InChI=1S/C16H28N2O2/c1-3-13-11-14(7-8-16(13)17)18(9-5-6-10-19)12-15(20)4-2/h7-8,11,15,19-20H,3-6,9-10,12,17H2,1-2H3. The number of aliphatic hydroxyl groups is 2. The van der Waals surface area contributed by atoms with E-state index in [0.717, 1.165) is 49.2 Å². The van der Waals surface area contributed by atoms with Crippen LogP contribution >= 0.6 is 0 Å². The molecule has 1 atom stereocenters. The fraction of sp³-hybridized carbons (Fsp3) is 0.625. The van der Waals surface area contributed by atoms with Gasteiger partial charge in [-0.15, -0.1) is 0 Å². The highest BCUT2D eigenvalue weighted by atomic mass is 16.3. The molecule has 1 rings (SSSR count). The second-order valence-electron chi connectivity index (χ2n) is 5.18. The van der Waals surface area contributed by atoms with Gasteiger partial charge in [-0.1, -0.05) is 13.8 Å². The van der Waals surface area contributed by atoms with E-state index in [1.807, 2.05) is 19.1 Å². The van der Waals surface area contributed by atoms with Crippen LogP contribution in [0.1, 0.15) is 38.7 Å². The van der Waals surface area contributed by atoms with Gasteiger partial charge in [0, 0.05) is 31.1 Å². The quantitative estimate of drug-likeness (QED) is 0.479. The molecule has 0 spiro atoms. The third kappa shape index (κ3) is 5.02. The molecule has 4 heteroatoms. The second-order valence-corrected chi connectivity index (χ2v) is 5.18. The number of anilines is 2. The molecule has 1 aromatic rings. The average Bonchev–Trinajstić information content (AvgIpc) is 2.46. The van der Waals surface area contributed by atoms with Gasteiger partial charge in [-0.2, -0.15) is 0 Å². The lowest BCUT2D eigenvalue weighted by molar-refractivity contribution is 0.175. The molecule has 0 saturated heterocycles. The number of nitrogens with two attached hydrogens (primary N) is 1. The van der Waals surface area contributed by atoms with E-state index in [1.54, 1.807) is 0 Å². The monoisotopic (exact) mass is 280 g/mol. The molecule has 1 aromatic carbocycles. The molecule has 0 radical (unpaired) electrons. The molecule has 0 amide bonds. The summed E-state index contributed by atoms with van der Waals surface area (Å²) in [6.07, 6.45) is 3.02. The van der Waals surface area contributed by atoms with Gasteiger partial charge in [0.15, 0.2) is 0 Å². The van der Waals surface area contributed by atoms with Crippen molar-refractivity contribution in [1.82, 2.24) is 0 Å². The molecule has 0 heterocycles. The van der Waals surface area contributed by atoms with Gasteiger partial charge in [0.1, 0.15) is 0 Å². The predicted octanol–water partition coefficient (Wildman–Crippen LogP) is 2.18. The van der Waals surface area contributed by atoms with Crippen LogP contribution in [0, 0.1) is 0 Å². The zero-order chi connectivity index (χ0) is 15.0. The lowest BCUT2D eigenvalue weighted by atomic mass is 10.1. The van der Waals surface area contributed by atoms with E-state index in [2.05, 4.69) is 17.9 Å². The average molecular weight is 280 g/mol. The molecule has 0 aromatic heterocycles. The Hall–Kier alpha value is -1.26. The zero-order valence-electron chi connectivity index (χ0n) is 12.7. The summed E-state index contributed by atoms with van der Waals surface area (Å²) in [6.45, 7) is 5.75. The summed E-state index contributed by atoms with van der Waals surface area (Å²) in [5.74, 6) is 0. The summed E-state index contributed by atoms with van der Waals surface area (Å²) in [5.41, 5.74) is 9.01. The van der Waals surface area contributed by atoms with Crippen LogP contribution < -0.4 is 10.6 Å². The fourth-order valence-corrected chi connectivity index (χ4v) is 2.22. The number of unbranched alkanes of at least 4 members (excludes halogenated alkanes) is 1. The molecule has 20 heavy (non-hydrogen) atoms. The normalized spacial score (nSPS) is 12.4. The molecule has 0 fully saturated rings. The molecule has 0 aliphatic carbocycles. The maximum Gasteiger partial charge on any atom is 0.0712 e. The minimum Gasteiger partial charge on any atom is -0.399 e. The number of nitrogen functional groups attached to an aromatic ring is 1. The van der Waals surface area contributed by atoms with E-state index in [4.69, 9.17) is 10.8 Å². The van der Waals surface area contributed by atoms with Crippen molar-refractivity contribution in [2.75, 3.05) is 30.3 Å². The van der Waals surface area contributed by atoms with Gasteiger partial charge < -0.3 is 20.8 Å². The highest BCUT2D eigenvalue weighted by Crippen LogP contribution is 2.22. The van der Waals surface area contributed by atoms with Crippen LogP contribution in [-0.2, 0) is 6.42 Å². The van der Waals surface area contributed by atoms with Crippen molar-refractivity contribution in [3.05, 3.63) is 23.8 Å². The smallest absolute Gasteiger partial charge is 0.0712 e. The summed E-state index contributed by atoms with van der Waals surface area (Å²) in [5, 5.41) is 18.8. The van der Waals surface area contributed by atoms with Crippen molar-refractivity contribution in [1.29, 1.82) is 0 Å². The first-order chi connectivity index (χ1) is 9.62. The Morgan fingerprint density at radius 2 is 2.00 bits per heavy atom. The number of aliphatic hydroxyl groups excluding tert-OH is 2. The Morgan fingerprint density at radius 1 is 1.25 bits per heavy atom. The van der Waals surface area contributed by atoms with E-state index in [0.29, 0.717) is 6.54 Å². The highest BCUT2D eigenvalue weighted by molar-refractivity contribution is 5.58. The molecule has 4 nitrogen and oxygen atoms in total. The zero-order valence-corrected chi connectivity index (χ0v) is 12.7. The van der Waals surface area contributed by atoms with Crippen molar-refractivity contribution >= 4 is 11.4 Å². The Labute approximate surface area is 122 Å². The summed E-state index contributed by atoms with van der Waals surface area (Å²) < 4.78 is 0. The number of rotatable bonds is 9. The molecule has 0 aliphatic rings. The number of aryl methyl sites for hydroxylation is 1. The number of nitrogens with zero attached hydrogens (tertiary/aromatic N) is 1. The Kier molecular flexibility index (Phi) is 7.41. The molecule has 0 bridgehead atoms. The topological polar surface area (TPSA) is 69.7 Å². The minimum atomic E-state index is -0.327. The van der Waals surface area contributed by atoms with Gasteiger partial charge in [0.25, 0.3) is 0 Å². The van der Waals surface area contributed by atoms with Crippen LogP contribution in [0.4, 0.5) is 11.4 Å². The van der Waals surface area contributed by atoms with Crippen LogP contribution in [0.3, 0.4) is 0 Å². The SMILES string of the molecule is CCc1cc(N(CCCCO)CC(O)CC)ccc1N. The lowest BCUT2D eigenvalue weighted by Crippen LogP contribution is -2.33. The Balaban J connectivity index is 2.84. The van der Waals surface area contributed by atoms with Crippen LogP contribution in [0.15, 0.2) is 18.2 Å². The third-order valence-electron chi connectivity index (χ3n) is 3.61. The summed E-state index contributed by atoms with van der Waals surface area (Å²) in [6, 6.07) is 6.05. The van der Waals surface area contributed by atoms with E-state index < -0.39 is 0 Å². The highest BCUT2D eigenvalue weighted by Gasteiger charge is 2.12. The molecule has 0 saturated carbocycles. The van der Waals surface area contributed by atoms with Crippen LogP contribution in [0.25, 0.3) is 0 Å². The molecule has 114 valence electrons. The Morgan fingerprint density at radius 3 is 2.60 bits per heavy atom. The molecule has 1 unspecified atom stereocenters. The largest absolute Gasteiger partial charge is 0.399 e. The Bertz CT molecular complexity index is 396. The van der Waals surface area contributed by atoms with Gasteiger partial charge in [-0.3, -0.25) is 0 Å². The van der Waals surface area contributed by atoms with Crippen molar-refractivity contribution < 1.29 is 10.2 Å². The van der Waals surface area contributed by atoms with E-state index in [-0.39, 0.29) is 12.7 Å². The van der Waals surface area contributed by atoms with E-state index in [9.17, 15) is 5.11 Å². The molecular formula is C16H28N2O2. The predicted molar refractivity (Wildman–Crippen MR) is 85.1 cm³/mol. The van der Waals surface area contributed by atoms with Crippen molar-refractivity contribution in [2.45, 2.75) is 45.6 Å². The first kappa shape index (κ1) is 16.8. The van der Waals surface area contributed by atoms with Gasteiger partial charge in [0.05, 0.1) is 6.10 Å². The molecular weight excluding hydrogens is 252 g/mol. The maximum absolute atomic E-state index is 9.91. The first-order valence-electron chi connectivity index (χ1n) is 7.54. The first-order valence-corrected chi connectivity index (χ1v) is 7.54. The molecule has 4 N–H and O–H groups in total. The number of hydrogen-bond acceptors (Lipinski definition) is 4. The molecule has 0 aliphatic heterocycles. The van der Waals surface area contributed by atoms with Gasteiger partial charge in [-0.25, -0.2) is 0 Å². The fourth-order valence-electron chi connectivity index (χ4n) is 2.22. The summed E-state index contributed by atoms with van der Waals surface area (Å²) >= 11 is 0. The summed E-state index contributed by atoms with van der Waals surface area (Å²) in [4.78, 5) is 2.18. The van der Waals surface area contributed by atoms with E-state index in [1.165, 1.54) is 0 Å².